The van der Waals surface area contributed by atoms with Gasteiger partial charge in [0, 0.05) is 10.6 Å². The second-order valence-electron chi connectivity index (χ2n) is 4.41. The predicted molar refractivity (Wildman–Crippen MR) is 67.8 cm³/mol. The van der Waals surface area contributed by atoms with Gasteiger partial charge in [-0.1, -0.05) is 42.6 Å². The molecule has 94 valence electrons. The van der Waals surface area contributed by atoms with Gasteiger partial charge < -0.3 is 5.11 Å². The van der Waals surface area contributed by atoms with Gasteiger partial charge in [-0.3, -0.25) is 4.84 Å². The summed E-state index contributed by atoms with van der Waals surface area (Å²) in [6.45, 7) is 0.361. The van der Waals surface area contributed by atoms with E-state index in [1.165, 1.54) is 12.8 Å². The molecule has 1 aromatic rings. The largest absolute Gasteiger partial charge is 0.387 e. The van der Waals surface area contributed by atoms with Gasteiger partial charge in [0.2, 0.25) is 0 Å². The van der Waals surface area contributed by atoms with Crippen LogP contribution in [0.25, 0.3) is 0 Å². The lowest BCUT2D eigenvalue weighted by Crippen LogP contribution is -2.26. The highest BCUT2D eigenvalue weighted by Crippen LogP contribution is 2.23. The van der Waals surface area contributed by atoms with Gasteiger partial charge in [-0.15, -0.1) is 0 Å². The van der Waals surface area contributed by atoms with Crippen molar-refractivity contribution in [2.75, 3.05) is 6.54 Å². The molecule has 2 rings (SSSR count). The minimum Gasteiger partial charge on any atom is -0.387 e. The summed E-state index contributed by atoms with van der Waals surface area (Å²) < 4.78 is 0. The molecular weight excluding hydrogens is 238 g/mol. The van der Waals surface area contributed by atoms with Crippen LogP contribution in [0, 0.1) is 0 Å². The molecule has 0 spiro atoms. The van der Waals surface area contributed by atoms with Crippen LogP contribution in [0.3, 0.4) is 0 Å². The maximum absolute atomic E-state index is 9.95. The Labute approximate surface area is 107 Å². The first kappa shape index (κ1) is 12.8. The summed E-state index contributed by atoms with van der Waals surface area (Å²) in [5.74, 6) is 0. The standard InChI is InChI=1S/C13H18ClNO2/c14-12-8-4-3-7-11(12)13(16)9-15-17-10-5-1-2-6-10/h3-4,7-8,10,13,15-16H,1-2,5-6,9H2. The van der Waals surface area contributed by atoms with Gasteiger partial charge in [-0.05, 0) is 18.9 Å². The van der Waals surface area contributed by atoms with Crippen molar-refractivity contribution >= 4 is 11.6 Å². The number of rotatable bonds is 5. The van der Waals surface area contributed by atoms with E-state index in [-0.39, 0.29) is 0 Å². The number of halogens is 1. The Hall–Kier alpha value is -0.610. The Kier molecular flexibility index (Phi) is 4.80. The van der Waals surface area contributed by atoms with Crippen LogP contribution >= 0.6 is 11.6 Å². The molecule has 1 aliphatic carbocycles. The quantitative estimate of drug-likeness (QED) is 0.795. The Morgan fingerprint density at radius 2 is 2.06 bits per heavy atom. The molecule has 0 aromatic heterocycles. The van der Waals surface area contributed by atoms with Crippen LogP contribution in [-0.4, -0.2) is 17.8 Å². The minimum atomic E-state index is -0.634. The summed E-state index contributed by atoms with van der Waals surface area (Å²) in [7, 11) is 0. The summed E-state index contributed by atoms with van der Waals surface area (Å²) in [6, 6.07) is 7.31. The molecule has 1 saturated carbocycles. The van der Waals surface area contributed by atoms with E-state index in [0.29, 0.717) is 17.7 Å². The van der Waals surface area contributed by atoms with E-state index in [2.05, 4.69) is 5.48 Å². The first-order valence-electron chi connectivity index (χ1n) is 6.08. The fourth-order valence-corrected chi connectivity index (χ4v) is 2.37. The van der Waals surface area contributed by atoms with Crippen molar-refractivity contribution in [3.63, 3.8) is 0 Å². The summed E-state index contributed by atoms with van der Waals surface area (Å²) in [5.41, 5.74) is 3.58. The highest BCUT2D eigenvalue weighted by atomic mass is 35.5. The van der Waals surface area contributed by atoms with E-state index >= 15 is 0 Å². The summed E-state index contributed by atoms with van der Waals surface area (Å²) in [6.07, 6.45) is 4.35. The van der Waals surface area contributed by atoms with E-state index in [0.717, 1.165) is 18.4 Å². The van der Waals surface area contributed by atoms with Gasteiger partial charge in [-0.25, -0.2) is 0 Å². The van der Waals surface area contributed by atoms with Crippen molar-refractivity contribution in [2.45, 2.75) is 37.9 Å². The van der Waals surface area contributed by atoms with Crippen LogP contribution in [0.15, 0.2) is 24.3 Å². The normalized spacial score (nSPS) is 18.5. The second kappa shape index (κ2) is 6.36. The molecule has 0 saturated heterocycles. The van der Waals surface area contributed by atoms with Crippen molar-refractivity contribution in [1.29, 1.82) is 0 Å². The molecule has 0 aliphatic heterocycles. The second-order valence-corrected chi connectivity index (χ2v) is 4.82. The van der Waals surface area contributed by atoms with E-state index in [1.54, 1.807) is 6.07 Å². The average molecular weight is 256 g/mol. The van der Waals surface area contributed by atoms with Gasteiger partial charge in [0.25, 0.3) is 0 Å². The number of aliphatic hydroxyl groups excluding tert-OH is 1. The highest BCUT2D eigenvalue weighted by molar-refractivity contribution is 6.31. The molecule has 0 bridgehead atoms. The molecule has 4 heteroatoms. The lowest BCUT2D eigenvalue weighted by Gasteiger charge is -2.16. The maximum Gasteiger partial charge on any atom is 0.0951 e. The minimum absolute atomic E-state index is 0.299. The van der Waals surface area contributed by atoms with Gasteiger partial charge in [-0.2, -0.15) is 5.48 Å². The topological polar surface area (TPSA) is 41.5 Å². The third-order valence-corrected chi connectivity index (χ3v) is 3.44. The fourth-order valence-electron chi connectivity index (χ4n) is 2.11. The van der Waals surface area contributed by atoms with Crippen LogP contribution in [0.2, 0.25) is 5.02 Å². The van der Waals surface area contributed by atoms with Crippen LogP contribution in [0.4, 0.5) is 0 Å². The molecule has 0 heterocycles. The van der Waals surface area contributed by atoms with Crippen LogP contribution in [0.5, 0.6) is 0 Å². The van der Waals surface area contributed by atoms with E-state index in [9.17, 15) is 5.11 Å². The summed E-state index contributed by atoms with van der Waals surface area (Å²) in [4.78, 5) is 5.48. The summed E-state index contributed by atoms with van der Waals surface area (Å²) in [5, 5.41) is 10.5. The zero-order valence-corrected chi connectivity index (χ0v) is 10.5. The molecule has 2 N–H and O–H groups in total. The molecule has 1 fully saturated rings. The smallest absolute Gasteiger partial charge is 0.0951 e. The zero-order valence-electron chi connectivity index (χ0n) is 9.73. The molecular formula is C13H18ClNO2. The maximum atomic E-state index is 9.95. The van der Waals surface area contributed by atoms with Crippen molar-refractivity contribution in [3.8, 4) is 0 Å². The van der Waals surface area contributed by atoms with Crippen molar-refractivity contribution in [3.05, 3.63) is 34.9 Å². The Bertz CT molecular complexity index is 353. The Morgan fingerprint density at radius 3 is 2.76 bits per heavy atom. The zero-order chi connectivity index (χ0) is 12.1. The number of nitrogens with one attached hydrogen (secondary N) is 1. The first-order valence-corrected chi connectivity index (χ1v) is 6.46. The Balaban J connectivity index is 1.77. The van der Waals surface area contributed by atoms with Gasteiger partial charge >= 0.3 is 0 Å². The number of aliphatic hydroxyl groups is 1. The van der Waals surface area contributed by atoms with Crippen LogP contribution < -0.4 is 5.48 Å². The SMILES string of the molecule is OC(CNOC1CCCC1)c1ccccc1Cl. The van der Waals surface area contributed by atoms with Crippen LogP contribution in [0.1, 0.15) is 37.4 Å². The molecule has 1 atom stereocenters. The molecule has 17 heavy (non-hydrogen) atoms. The van der Waals surface area contributed by atoms with Gasteiger partial charge in [0.05, 0.1) is 18.8 Å². The average Bonchev–Trinajstić information content (AvgIpc) is 2.82. The van der Waals surface area contributed by atoms with Gasteiger partial charge in [0.1, 0.15) is 0 Å². The Morgan fingerprint density at radius 1 is 1.35 bits per heavy atom. The molecule has 1 aromatic carbocycles. The fraction of sp³-hybridized carbons (Fsp3) is 0.538. The van der Waals surface area contributed by atoms with E-state index in [1.807, 2.05) is 18.2 Å². The first-order chi connectivity index (χ1) is 8.27. The lowest BCUT2D eigenvalue weighted by molar-refractivity contribution is -0.0371. The van der Waals surface area contributed by atoms with Crippen molar-refractivity contribution in [2.24, 2.45) is 0 Å². The van der Waals surface area contributed by atoms with Crippen molar-refractivity contribution in [1.82, 2.24) is 5.48 Å². The number of benzene rings is 1. The molecule has 1 aliphatic rings. The monoisotopic (exact) mass is 255 g/mol. The molecule has 0 amide bonds. The lowest BCUT2D eigenvalue weighted by atomic mass is 10.1. The highest BCUT2D eigenvalue weighted by Gasteiger charge is 2.16. The third-order valence-electron chi connectivity index (χ3n) is 3.09. The molecule has 1 unspecified atom stereocenters. The number of hydroxylamine groups is 1. The van der Waals surface area contributed by atoms with Gasteiger partial charge in [0.15, 0.2) is 0 Å². The van der Waals surface area contributed by atoms with Crippen molar-refractivity contribution < 1.29 is 9.94 Å². The molecule has 0 radical (unpaired) electrons. The number of hydrogen-bond donors (Lipinski definition) is 2. The van der Waals surface area contributed by atoms with E-state index in [4.69, 9.17) is 16.4 Å². The number of hydrogen-bond acceptors (Lipinski definition) is 3. The predicted octanol–water partition coefficient (Wildman–Crippen LogP) is 2.84. The third kappa shape index (κ3) is 3.68. The van der Waals surface area contributed by atoms with Crippen LogP contribution in [-0.2, 0) is 4.84 Å². The summed E-state index contributed by atoms with van der Waals surface area (Å²) >= 11 is 6.00. The molecule has 3 nitrogen and oxygen atoms in total. The van der Waals surface area contributed by atoms with E-state index < -0.39 is 6.10 Å².